The zero-order valence-electron chi connectivity index (χ0n) is 41.0. The number of hydrogen-bond donors (Lipinski definition) is 1. The van der Waals surface area contributed by atoms with Gasteiger partial charge < -0.3 is 57.5 Å². The predicted octanol–water partition coefficient (Wildman–Crippen LogP) is 6.45. The number of ether oxygens (including phenoxy) is 9. The van der Waals surface area contributed by atoms with Crippen molar-refractivity contribution in [1.82, 2.24) is 9.80 Å². The molecule has 0 spiro atoms. The van der Waals surface area contributed by atoms with Gasteiger partial charge in [-0.25, -0.2) is 14.4 Å². The summed E-state index contributed by atoms with van der Waals surface area (Å²) in [5.74, 6) is -2.65. The minimum absolute atomic E-state index is 0. The van der Waals surface area contributed by atoms with E-state index >= 15 is 0 Å². The van der Waals surface area contributed by atoms with E-state index in [9.17, 15) is 43.5 Å². The van der Waals surface area contributed by atoms with Crippen LogP contribution in [0, 0.1) is 21.7 Å². The minimum atomic E-state index is -1.71. The van der Waals surface area contributed by atoms with E-state index in [1.54, 1.807) is 51.1 Å². The highest BCUT2D eigenvalue weighted by atomic mass is 16.7. The molecule has 392 valence electrons. The molecule has 1 aliphatic heterocycles. The molecule has 0 aromatic heterocycles. The van der Waals surface area contributed by atoms with Gasteiger partial charge in [-0.1, -0.05) is 52.1 Å². The van der Waals surface area contributed by atoms with Crippen molar-refractivity contribution in [2.75, 3.05) is 101 Å². The molecular formula is C48H82N2O18. The van der Waals surface area contributed by atoms with Crippen molar-refractivity contribution in [2.45, 2.75) is 103 Å². The van der Waals surface area contributed by atoms with Crippen LogP contribution in [0.3, 0.4) is 0 Å². The highest BCUT2D eigenvalue weighted by Gasteiger charge is 2.42. The molecule has 0 aliphatic carbocycles. The number of nitrogens with zero attached hydrogens (tertiary/aromatic N) is 2. The van der Waals surface area contributed by atoms with Crippen LogP contribution in [0.25, 0.3) is 0 Å². The van der Waals surface area contributed by atoms with Gasteiger partial charge in [0.1, 0.15) is 75.3 Å². The largest absolute Gasteiger partial charge is 0.508 e. The number of Topliss-reactive ketones (excluding diaryl/α,β-unsaturated/α-hetero) is 2. The monoisotopic (exact) mass is 975 g/mol. The Morgan fingerprint density at radius 2 is 1.07 bits per heavy atom. The van der Waals surface area contributed by atoms with Crippen molar-refractivity contribution in [1.29, 1.82) is 0 Å². The van der Waals surface area contributed by atoms with Crippen molar-refractivity contribution >= 4 is 47.9 Å². The number of aliphatic hydroxyl groups excluding tert-OH is 1. The van der Waals surface area contributed by atoms with E-state index in [-0.39, 0.29) is 53.5 Å². The SMILES string of the molecule is C.C.CC(=O)C1(C)COC(=O)OC1.CCCC(=O)OCC(C)(COC(=O)OCC(C)(COC(=O)OCC(C)(CO)C(C)=O)C(=O)OCC)C(=O)OCc1ccccc1.CN(C)CCCCN(C)C. The number of esters is 3. The van der Waals surface area contributed by atoms with E-state index in [2.05, 4.69) is 47.5 Å². The number of unbranched alkanes of at least 4 members (excludes halogenated alkanes) is 1. The summed E-state index contributed by atoms with van der Waals surface area (Å²) in [6.45, 7) is 11.0. The molecule has 0 radical (unpaired) electrons. The molecule has 0 saturated carbocycles. The summed E-state index contributed by atoms with van der Waals surface area (Å²) in [5.41, 5.74) is -4.58. The first-order chi connectivity index (χ1) is 30.8. The van der Waals surface area contributed by atoms with Gasteiger partial charge in [-0.15, -0.1) is 0 Å². The molecule has 20 heteroatoms. The maximum absolute atomic E-state index is 13.0. The van der Waals surface area contributed by atoms with Crippen molar-refractivity contribution in [2.24, 2.45) is 21.7 Å². The number of carbonyl (C=O) groups excluding carboxylic acids is 8. The molecule has 1 saturated heterocycles. The Kier molecular flexibility index (Phi) is 33.5. The third-order valence-corrected chi connectivity index (χ3v) is 10.0. The molecule has 3 unspecified atom stereocenters. The third-order valence-electron chi connectivity index (χ3n) is 10.0. The second-order valence-corrected chi connectivity index (χ2v) is 17.5. The number of carbonyl (C=O) groups is 8. The average molecular weight is 975 g/mol. The highest BCUT2D eigenvalue weighted by Crippen LogP contribution is 2.25. The van der Waals surface area contributed by atoms with Crippen molar-refractivity contribution < 1.29 is 86.1 Å². The van der Waals surface area contributed by atoms with Crippen LogP contribution in [0.4, 0.5) is 14.4 Å². The van der Waals surface area contributed by atoms with E-state index in [1.165, 1.54) is 60.5 Å². The van der Waals surface area contributed by atoms with Crippen LogP contribution in [0.2, 0.25) is 0 Å². The molecule has 20 nitrogen and oxygen atoms in total. The van der Waals surface area contributed by atoms with Crippen LogP contribution in [0.5, 0.6) is 0 Å². The van der Waals surface area contributed by atoms with Crippen molar-refractivity contribution in [3.05, 3.63) is 35.9 Å². The summed E-state index contributed by atoms with van der Waals surface area (Å²) in [6, 6.07) is 8.85. The van der Waals surface area contributed by atoms with Gasteiger partial charge in [0.05, 0.1) is 24.0 Å². The highest BCUT2D eigenvalue weighted by molar-refractivity contribution is 5.83. The number of cyclic esters (lactones) is 2. The van der Waals surface area contributed by atoms with Crippen molar-refractivity contribution in [3.8, 4) is 0 Å². The van der Waals surface area contributed by atoms with Gasteiger partial charge in [-0.3, -0.25) is 24.0 Å². The van der Waals surface area contributed by atoms with Crippen LogP contribution >= 0.6 is 0 Å². The number of rotatable bonds is 25. The van der Waals surface area contributed by atoms with Crippen molar-refractivity contribution in [3.63, 3.8) is 0 Å². The van der Waals surface area contributed by atoms with Gasteiger partial charge in [-0.2, -0.15) is 0 Å². The first-order valence-electron chi connectivity index (χ1n) is 21.7. The first kappa shape index (κ1) is 66.9. The molecule has 0 amide bonds. The van der Waals surface area contributed by atoms with Gasteiger partial charge in [0.15, 0.2) is 0 Å². The van der Waals surface area contributed by atoms with Gasteiger partial charge in [0, 0.05) is 6.42 Å². The maximum Gasteiger partial charge on any atom is 0.508 e. The lowest BCUT2D eigenvalue weighted by molar-refractivity contribution is -0.167. The summed E-state index contributed by atoms with van der Waals surface area (Å²) in [7, 11) is 8.48. The van der Waals surface area contributed by atoms with E-state index < -0.39 is 103 Å². The van der Waals surface area contributed by atoms with Crippen LogP contribution in [-0.2, 0) is 73.2 Å². The quantitative estimate of drug-likeness (QED) is 0.0628. The molecule has 1 N–H and O–H groups in total. The Bertz CT molecular complexity index is 1670. The van der Waals surface area contributed by atoms with E-state index in [0.717, 1.165) is 0 Å². The molecular weight excluding hydrogens is 893 g/mol. The second kappa shape index (κ2) is 34.0. The zero-order chi connectivity index (χ0) is 50.6. The number of aliphatic hydroxyl groups is 1. The smallest absolute Gasteiger partial charge is 0.465 e. The Morgan fingerprint density at radius 3 is 1.44 bits per heavy atom. The molecule has 3 atom stereocenters. The zero-order valence-corrected chi connectivity index (χ0v) is 41.0. The van der Waals surface area contributed by atoms with Gasteiger partial charge >= 0.3 is 36.4 Å². The van der Waals surface area contributed by atoms with Gasteiger partial charge in [0.2, 0.25) is 0 Å². The Morgan fingerprint density at radius 1 is 0.662 bits per heavy atom. The number of benzene rings is 1. The summed E-state index contributed by atoms with van der Waals surface area (Å²) in [5, 5.41) is 9.43. The summed E-state index contributed by atoms with van der Waals surface area (Å²) < 4.78 is 45.0. The lowest BCUT2D eigenvalue weighted by Crippen LogP contribution is -2.42. The van der Waals surface area contributed by atoms with Crippen LogP contribution in [-0.4, -0.2) is 164 Å². The Balaban J connectivity index is -0.00000150. The Hall–Kier alpha value is -5.34. The molecule has 68 heavy (non-hydrogen) atoms. The minimum Gasteiger partial charge on any atom is -0.465 e. The third kappa shape index (κ3) is 26.9. The molecule has 0 bridgehead atoms. The number of ketones is 2. The fourth-order valence-corrected chi connectivity index (χ4v) is 4.83. The standard InChI is InChI=1S/C31H44O14.C8H20N2.C7H10O4.2CH4/c1-7-12-24(34)41-18-30(5,26(36)40-15-23-13-10-9-11-14-23)19-43-28(38)45-21-31(6,25(35)39-8-2)20-44-27(37)42-17-29(4,16-32)22(3)33;1-9(2)7-5-6-8-10(3)4;1-5(8)7(2)3-10-6(9)11-4-7;;/h9-11,13-14,32H,7-8,12,15-21H2,1-6H3;5-8H2,1-4H3;3-4H2,1-2H3;2*1H4. The first-order valence-corrected chi connectivity index (χ1v) is 21.7. The number of hydrogen-bond acceptors (Lipinski definition) is 20. The molecule has 2 rings (SSSR count). The van der Waals surface area contributed by atoms with E-state index in [4.69, 9.17) is 33.2 Å². The molecule has 1 aromatic carbocycles. The molecule has 1 heterocycles. The van der Waals surface area contributed by atoms with E-state index in [0.29, 0.717) is 12.0 Å². The normalized spacial score (nSPS) is 15.0. The maximum atomic E-state index is 13.0. The van der Waals surface area contributed by atoms with Crippen LogP contribution < -0.4 is 0 Å². The fraction of sp³-hybridized carbons (Fsp3) is 0.708. The topological polar surface area (TPSA) is 246 Å². The summed E-state index contributed by atoms with van der Waals surface area (Å²) >= 11 is 0. The summed E-state index contributed by atoms with van der Waals surface area (Å²) in [4.78, 5) is 99.9. The average Bonchev–Trinajstić information content (AvgIpc) is 3.27. The lowest BCUT2D eigenvalue weighted by Gasteiger charge is -2.29. The van der Waals surface area contributed by atoms with E-state index in [1.807, 2.05) is 0 Å². The van der Waals surface area contributed by atoms with Gasteiger partial charge in [0.25, 0.3) is 0 Å². The molecule has 1 fully saturated rings. The van der Waals surface area contributed by atoms with Crippen LogP contribution in [0.1, 0.15) is 101 Å². The molecule has 1 aliphatic rings. The summed E-state index contributed by atoms with van der Waals surface area (Å²) in [6.07, 6.45) is 0.0571. The second-order valence-electron chi connectivity index (χ2n) is 17.5. The molecule has 1 aromatic rings. The Labute approximate surface area is 403 Å². The lowest BCUT2D eigenvalue weighted by atomic mass is 9.88. The van der Waals surface area contributed by atoms with Gasteiger partial charge in [-0.05, 0) is 115 Å². The fourth-order valence-electron chi connectivity index (χ4n) is 4.83. The predicted molar refractivity (Wildman–Crippen MR) is 251 cm³/mol. The van der Waals surface area contributed by atoms with Crippen LogP contribution in [0.15, 0.2) is 30.3 Å².